The van der Waals surface area contributed by atoms with Crippen molar-refractivity contribution in [2.45, 2.75) is 13.0 Å². The number of hydrogen-bond acceptors (Lipinski definition) is 4. The summed E-state index contributed by atoms with van der Waals surface area (Å²) >= 11 is 0. The van der Waals surface area contributed by atoms with Crippen LogP contribution < -0.4 is 5.73 Å². The van der Waals surface area contributed by atoms with Crippen molar-refractivity contribution in [3.05, 3.63) is 48.0 Å². The number of halogens is 1. The van der Waals surface area contributed by atoms with E-state index in [4.69, 9.17) is 14.9 Å². The second-order valence-electron chi connectivity index (χ2n) is 4.12. The first-order valence-corrected chi connectivity index (χ1v) is 5.83. The van der Waals surface area contributed by atoms with E-state index < -0.39 is 18.0 Å². The molecule has 5 nitrogen and oxygen atoms in total. The quantitative estimate of drug-likeness (QED) is 0.868. The average molecular weight is 277 g/mol. The van der Waals surface area contributed by atoms with E-state index in [9.17, 15) is 14.0 Å². The lowest BCUT2D eigenvalue weighted by atomic mass is 10.2. The fourth-order valence-electron chi connectivity index (χ4n) is 1.49. The van der Waals surface area contributed by atoms with E-state index in [0.29, 0.717) is 11.3 Å². The van der Waals surface area contributed by atoms with Crippen LogP contribution >= 0.6 is 0 Å². The lowest BCUT2D eigenvalue weighted by Crippen LogP contribution is -2.30. The first-order chi connectivity index (χ1) is 9.47. The zero-order chi connectivity index (χ0) is 14.7. The molecule has 2 N–H and O–H groups in total. The molecule has 0 fully saturated rings. The number of nitrogens with two attached hydrogens (primary N) is 1. The van der Waals surface area contributed by atoms with E-state index in [1.807, 2.05) is 0 Å². The van der Waals surface area contributed by atoms with Crippen LogP contribution in [0.2, 0.25) is 0 Å². The minimum Gasteiger partial charge on any atom is -0.449 e. The summed E-state index contributed by atoms with van der Waals surface area (Å²) in [6.07, 6.45) is -1.04. The van der Waals surface area contributed by atoms with Gasteiger partial charge in [0.1, 0.15) is 11.6 Å². The molecule has 1 atom stereocenters. The Kier molecular flexibility index (Phi) is 3.84. The molecule has 1 heterocycles. The maximum atomic E-state index is 12.8. The van der Waals surface area contributed by atoms with Crippen LogP contribution in [0.25, 0.3) is 11.3 Å². The Morgan fingerprint density at radius 2 is 1.85 bits per heavy atom. The van der Waals surface area contributed by atoms with Crippen molar-refractivity contribution >= 4 is 11.9 Å². The first kappa shape index (κ1) is 13.8. The van der Waals surface area contributed by atoms with Gasteiger partial charge in [0, 0.05) is 5.56 Å². The number of ether oxygens (including phenoxy) is 1. The molecule has 0 saturated carbocycles. The number of benzene rings is 1. The van der Waals surface area contributed by atoms with Gasteiger partial charge in [-0.1, -0.05) is 0 Å². The molecule has 2 aromatic rings. The smallest absolute Gasteiger partial charge is 0.375 e. The molecule has 20 heavy (non-hydrogen) atoms. The van der Waals surface area contributed by atoms with Gasteiger partial charge < -0.3 is 14.9 Å². The molecule has 6 heteroatoms. The van der Waals surface area contributed by atoms with Gasteiger partial charge in [0.15, 0.2) is 6.10 Å². The number of carbonyl (C=O) groups excluding carboxylic acids is 2. The van der Waals surface area contributed by atoms with Crippen LogP contribution in [0.4, 0.5) is 4.39 Å². The van der Waals surface area contributed by atoms with Gasteiger partial charge in [0.25, 0.3) is 5.91 Å². The molecule has 1 aromatic carbocycles. The fraction of sp³-hybridized carbons (Fsp3) is 0.143. The van der Waals surface area contributed by atoms with Crippen molar-refractivity contribution in [3.63, 3.8) is 0 Å². The maximum absolute atomic E-state index is 12.8. The summed E-state index contributed by atoms with van der Waals surface area (Å²) in [5, 5.41) is 0. The molecule has 0 radical (unpaired) electrons. The van der Waals surface area contributed by atoms with Crippen LogP contribution in [0.5, 0.6) is 0 Å². The van der Waals surface area contributed by atoms with Crippen molar-refractivity contribution in [2.24, 2.45) is 5.73 Å². The van der Waals surface area contributed by atoms with Gasteiger partial charge in [0.2, 0.25) is 5.76 Å². The SMILES string of the molecule is C[C@H](OC(=O)c1ccc(-c2ccc(F)cc2)o1)C(N)=O. The third-order valence-electron chi connectivity index (χ3n) is 2.62. The van der Waals surface area contributed by atoms with Crippen LogP contribution in [-0.2, 0) is 9.53 Å². The van der Waals surface area contributed by atoms with E-state index in [2.05, 4.69) is 0 Å². The molecule has 0 unspecified atom stereocenters. The Balaban J connectivity index is 2.14. The molecule has 2 rings (SSSR count). The largest absolute Gasteiger partial charge is 0.449 e. The summed E-state index contributed by atoms with van der Waals surface area (Å²) in [5.74, 6) is -1.57. The number of amides is 1. The van der Waals surface area contributed by atoms with Gasteiger partial charge in [-0.05, 0) is 43.3 Å². The summed E-state index contributed by atoms with van der Waals surface area (Å²) in [7, 11) is 0. The predicted octanol–water partition coefficient (Wildman–Crippen LogP) is 2.12. The van der Waals surface area contributed by atoms with E-state index >= 15 is 0 Å². The predicted molar refractivity (Wildman–Crippen MR) is 68.2 cm³/mol. The van der Waals surface area contributed by atoms with Crippen molar-refractivity contribution in [1.82, 2.24) is 0 Å². The second kappa shape index (κ2) is 5.56. The molecule has 1 amide bonds. The minimum absolute atomic E-state index is 0.0579. The second-order valence-corrected chi connectivity index (χ2v) is 4.12. The average Bonchev–Trinajstić information content (AvgIpc) is 2.89. The Labute approximate surface area is 114 Å². The topological polar surface area (TPSA) is 82.5 Å². The van der Waals surface area contributed by atoms with Gasteiger partial charge in [-0.3, -0.25) is 4.79 Å². The molecule has 0 spiro atoms. The summed E-state index contributed by atoms with van der Waals surface area (Å²) < 4.78 is 22.9. The minimum atomic E-state index is -1.04. The number of esters is 1. The van der Waals surface area contributed by atoms with Crippen molar-refractivity contribution in [2.75, 3.05) is 0 Å². The van der Waals surface area contributed by atoms with Crippen molar-refractivity contribution < 1.29 is 23.1 Å². The third kappa shape index (κ3) is 3.03. The molecule has 0 aliphatic carbocycles. The van der Waals surface area contributed by atoms with E-state index in [-0.39, 0.29) is 11.6 Å². The van der Waals surface area contributed by atoms with Crippen LogP contribution in [0, 0.1) is 5.82 Å². The number of rotatable bonds is 4. The highest BCUT2D eigenvalue weighted by molar-refractivity contribution is 5.90. The van der Waals surface area contributed by atoms with Crippen LogP contribution in [-0.4, -0.2) is 18.0 Å². The Hall–Kier alpha value is -2.63. The molecule has 0 aliphatic heterocycles. The lowest BCUT2D eigenvalue weighted by molar-refractivity contribution is -0.125. The number of primary amides is 1. The third-order valence-corrected chi connectivity index (χ3v) is 2.62. The Morgan fingerprint density at radius 3 is 2.45 bits per heavy atom. The lowest BCUT2D eigenvalue weighted by Gasteiger charge is -2.07. The number of hydrogen-bond donors (Lipinski definition) is 1. The van der Waals surface area contributed by atoms with Crippen molar-refractivity contribution in [1.29, 1.82) is 0 Å². The maximum Gasteiger partial charge on any atom is 0.375 e. The van der Waals surface area contributed by atoms with Gasteiger partial charge in [0.05, 0.1) is 0 Å². The molecule has 104 valence electrons. The highest BCUT2D eigenvalue weighted by Gasteiger charge is 2.19. The van der Waals surface area contributed by atoms with Crippen LogP contribution in [0.3, 0.4) is 0 Å². The Bertz CT molecular complexity index is 633. The zero-order valence-electron chi connectivity index (χ0n) is 10.6. The van der Waals surface area contributed by atoms with Gasteiger partial charge in [-0.15, -0.1) is 0 Å². The van der Waals surface area contributed by atoms with E-state index in [0.717, 1.165) is 0 Å². The van der Waals surface area contributed by atoms with Crippen LogP contribution in [0.1, 0.15) is 17.5 Å². The van der Waals surface area contributed by atoms with Gasteiger partial charge in [-0.2, -0.15) is 0 Å². The summed E-state index contributed by atoms with van der Waals surface area (Å²) in [4.78, 5) is 22.5. The highest BCUT2D eigenvalue weighted by atomic mass is 19.1. The Morgan fingerprint density at radius 1 is 1.20 bits per heavy atom. The van der Waals surface area contributed by atoms with Gasteiger partial charge >= 0.3 is 5.97 Å². The van der Waals surface area contributed by atoms with E-state index in [1.165, 1.54) is 37.3 Å². The molecular weight excluding hydrogens is 265 g/mol. The fourth-order valence-corrected chi connectivity index (χ4v) is 1.49. The molecule has 0 saturated heterocycles. The zero-order valence-corrected chi connectivity index (χ0v) is 10.6. The normalized spacial score (nSPS) is 11.9. The molecule has 0 aliphatic rings. The van der Waals surface area contributed by atoms with Gasteiger partial charge in [-0.25, -0.2) is 9.18 Å². The van der Waals surface area contributed by atoms with E-state index in [1.54, 1.807) is 6.07 Å². The number of carbonyl (C=O) groups is 2. The summed E-state index contributed by atoms with van der Waals surface area (Å²) in [5.41, 5.74) is 5.61. The first-order valence-electron chi connectivity index (χ1n) is 5.83. The van der Waals surface area contributed by atoms with Crippen molar-refractivity contribution in [3.8, 4) is 11.3 Å². The van der Waals surface area contributed by atoms with Crippen LogP contribution in [0.15, 0.2) is 40.8 Å². The summed E-state index contributed by atoms with van der Waals surface area (Å²) in [6, 6.07) is 8.58. The monoisotopic (exact) mass is 277 g/mol. The molecular formula is C14H12FNO4. The standard InChI is InChI=1S/C14H12FNO4/c1-8(13(16)17)19-14(18)12-7-6-11(20-12)9-2-4-10(15)5-3-9/h2-8H,1H3,(H2,16,17)/t8-/m0/s1. The molecule has 1 aromatic heterocycles. The molecule has 0 bridgehead atoms. The highest BCUT2D eigenvalue weighted by Crippen LogP contribution is 2.23. The number of furan rings is 1. The summed E-state index contributed by atoms with van der Waals surface area (Å²) in [6.45, 7) is 1.37.